The van der Waals surface area contributed by atoms with Gasteiger partial charge in [-0.15, -0.1) is 0 Å². The third-order valence-corrected chi connectivity index (χ3v) is 5.51. The van der Waals surface area contributed by atoms with Crippen LogP contribution in [0.15, 0.2) is 0 Å². The fourth-order valence-corrected chi connectivity index (χ4v) is 3.68. The molecule has 20 heavy (non-hydrogen) atoms. The Morgan fingerprint density at radius 3 is 1.50 bits per heavy atom. The van der Waals surface area contributed by atoms with Gasteiger partial charge in [0, 0.05) is 0 Å². The van der Waals surface area contributed by atoms with Gasteiger partial charge in [0.1, 0.15) is 11.1 Å². The summed E-state index contributed by atoms with van der Waals surface area (Å²) >= 11 is 0. The maximum absolute atomic E-state index is 9.63. The number of hydrogen-bond acceptors (Lipinski definition) is 4. The molecule has 4 nitrogen and oxygen atoms in total. The molecule has 4 atom stereocenters. The fourth-order valence-electron chi connectivity index (χ4n) is 3.68. The van der Waals surface area contributed by atoms with E-state index < -0.39 is 11.1 Å². The minimum atomic E-state index is -0.515. The molecule has 2 saturated carbocycles. The van der Waals surface area contributed by atoms with Gasteiger partial charge in [0.15, 0.2) is 0 Å². The van der Waals surface area contributed by atoms with Crippen LogP contribution < -0.4 is 10.9 Å². The maximum atomic E-state index is 9.63. The summed E-state index contributed by atoms with van der Waals surface area (Å²) in [5, 5.41) is 19.3. The number of nitrogens with zero attached hydrogens (tertiary/aromatic N) is 2. The van der Waals surface area contributed by atoms with Crippen molar-refractivity contribution in [3.8, 4) is 12.1 Å². The summed E-state index contributed by atoms with van der Waals surface area (Å²) in [6, 6.07) is 4.96. The zero-order valence-electron chi connectivity index (χ0n) is 12.7. The van der Waals surface area contributed by atoms with E-state index in [1.807, 2.05) is 0 Å². The molecule has 2 fully saturated rings. The summed E-state index contributed by atoms with van der Waals surface area (Å²) in [7, 11) is 0. The van der Waals surface area contributed by atoms with Gasteiger partial charge in [-0.25, -0.2) is 10.9 Å². The average Bonchev–Trinajstić information content (AvgIpc) is 2.48. The Balaban J connectivity index is 2.09. The normalized spacial score (nSPS) is 41.6. The summed E-state index contributed by atoms with van der Waals surface area (Å²) in [5.74, 6) is 0.645. The minimum Gasteiger partial charge on any atom is -0.236 e. The molecular formula is C16H26N4. The summed E-state index contributed by atoms with van der Waals surface area (Å²) in [5.41, 5.74) is 5.56. The smallest absolute Gasteiger partial charge is 0.121 e. The van der Waals surface area contributed by atoms with Crippen molar-refractivity contribution in [3.63, 3.8) is 0 Å². The second-order valence-electron chi connectivity index (χ2n) is 6.71. The molecule has 0 aromatic heterocycles. The zero-order chi connectivity index (χ0) is 14.6. The summed E-state index contributed by atoms with van der Waals surface area (Å²) in [6.45, 7) is 4.28. The molecule has 2 aliphatic rings. The van der Waals surface area contributed by atoms with Gasteiger partial charge in [-0.2, -0.15) is 10.5 Å². The van der Waals surface area contributed by atoms with Gasteiger partial charge in [0.25, 0.3) is 0 Å². The van der Waals surface area contributed by atoms with Crippen LogP contribution in [-0.2, 0) is 0 Å². The van der Waals surface area contributed by atoms with Crippen molar-refractivity contribution in [2.75, 3.05) is 0 Å². The molecule has 0 aromatic rings. The lowest BCUT2D eigenvalue weighted by Crippen LogP contribution is -2.65. The van der Waals surface area contributed by atoms with Gasteiger partial charge in [-0.3, -0.25) is 0 Å². The first-order valence-corrected chi connectivity index (χ1v) is 7.95. The van der Waals surface area contributed by atoms with Crippen LogP contribution in [0, 0.1) is 34.5 Å². The van der Waals surface area contributed by atoms with Crippen LogP contribution in [0.3, 0.4) is 0 Å². The molecule has 0 saturated heterocycles. The number of nitrogens with one attached hydrogen (secondary N) is 2. The van der Waals surface area contributed by atoms with Gasteiger partial charge in [-0.1, -0.05) is 39.5 Å². The SMILES string of the molecule is CC1CCCCC1(C#N)NNC1(C#N)CCCCC1C. The molecule has 0 bridgehead atoms. The lowest BCUT2D eigenvalue weighted by molar-refractivity contribution is 0.123. The van der Waals surface area contributed by atoms with Crippen molar-refractivity contribution >= 4 is 0 Å². The van der Waals surface area contributed by atoms with E-state index in [4.69, 9.17) is 0 Å². The first-order valence-electron chi connectivity index (χ1n) is 7.95. The Hall–Kier alpha value is -1.10. The molecule has 2 N–H and O–H groups in total. The van der Waals surface area contributed by atoms with Crippen molar-refractivity contribution in [1.29, 1.82) is 10.5 Å². The van der Waals surface area contributed by atoms with Crippen LogP contribution >= 0.6 is 0 Å². The van der Waals surface area contributed by atoms with Crippen molar-refractivity contribution < 1.29 is 0 Å². The Morgan fingerprint density at radius 2 is 1.20 bits per heavy atom. The molecule has 0 heterocycles. The third-order valence-electron chi connectivity index (χ3n) is 5.51. The van der Waals surface area contributed by atoms with Gasteiger partial charge < -0.3 is 0 Å². The van der Waals surface area contributed by atoms with E-state index in [1.165, 1.54) is 12.8 Å². The van der Waals surface area contributed by atoms with E-state index in [1.54, 1.807) is 0 Å². The molecule has 2 aliphatic carbocycles. The molecule has 2 rings (SSSR count). The maximum Gasteiger partial charge on any atom is 0.121 e. The lowest BCUT2D eigenvalue weighted by atomic mass is 9.73. The highest BCUT2D eigenvalue weighted by molar-refractivity contribution is 5.15. The van der Waals surface area contributed by atoms with Crippen LogP contribution in [0.25, 0.3) is 0 Å². The summed E-state index contributed by atoms with van der Waals surface area (Å²) < 4.78 is 0. The molecule has 0 aliphatic heterocycles. The van der Waals surface area contributed by atoms with E-state index >= 15 is 0 Å². The number of nitriles is 2. The van der Waals surface area contributed by atoms with E-state index in [0.717, 1.165) is 38.5 Å². The van der Waals surface area contributed by atoms with E-state index in [-0.39, 0.29) is 0 Å². The van der Waals surface area contributed by atoms with Crippen molar-refractivity contribution in [2.24, 2.45) is 11.8 Å². The van der Waals surface area contributed by atoms with Gasteiger partial charge in [0.05, 0.1) is 12.1 Å². The lowest BCUT2D eigenvalue weighted by Gasteiger charge is -2.43. The molecule has 0 aromatic carbocycles. The number of rotatable bonds is 3. The topological polar surface area (TPSA) is 71.6 Å². The highest BCUT2D eigenvalue weighted by Gasteiger charge is 2.43. The molecular weight excluding hydrogens is 248 g/mol. The first kappa shape index (κ1) is 15.3. The summed E-state index contributed by atoms with van der Waals surface area (Å²) in [4.78, 5) is 0. The fraction of sp³-hybridized carbons (Fsp3) is 0.875. The van der Waals surface area contributed by atoms with Crippen LogP contribution in [-0.4, -0.2) is 11.1 Å². The number of hydrogen-bond donors (Lipinski definition) is 2. The molecule has 110 valence electrons. The Labute approximate surface area is 122 Å². The monoisotopic (exact) mass is 274 g/mol. The Morgan fingerprint density at radius 1 is 0.800 bits per heavy atom. The quantitative estimate of drug-likeness (QED) is 0.776. The molecule has 0 radical (unpaired) electrons. The second-order valence-corrected chi connectivity index (χ2v) is 6.71. The van der Waals surface area contributed by atoms with Crippen molar-refractivity contribution in [2.45, 2.75) is 76.3 Å². The van der Waals surface area contributed by atoms with Crippen LogP contribution in [0.2, 0.25) is 0 Å². The van der Waals surface area contributed by atoms with Crippen molar-refractivity contribution in [3.05, 3.63) is 0 Å². The van der Waals surface area contributed by atoms with Crippen LogP contribution in [0.5, 0.6) is 0 Å². The molecule has 0 amide bonds. The molecule has 4 heteroatoms. The zero-order valence-corrected chi connectivity index (χ0v) is 12.7. The standard InChI is InChI=1S/C16H26N4/c1-13-7-3-5-9-15(13,11-17)19-20-16(12-18)10-6-4-8-14(16)2/h13-14,19-20H,3-10H2,1-2H3. The summed E-state index contributed by atoms with van der Waals surface area (Å²) in [6.07, 6.45) is 8.47. The van der Waals surface area contributed by atoms with E-state index in [9.17, 15) is 10.5 Å². The van der Waals surface area contributed by atoms with E-state index in [2.05, 4.69) is 36.8 Å². The average molecular weight is 274 g/mol. The Kier molecular flexibility index (Phi) is 4.68. The third kappa shape index (κ3) is 2.68. The van der Waals surface area contributed by atoms with Crippen molar-refractivity contribution in [1.82, 2.24) is 10.9 Å². The number of hydrazine groups is 1. The minimum absolute atomic E-state index is 0.323. The second kappa shape index (κ2) is 6.12. The largest absolute Gasteiger partial charge is 0.236 e. The van der Waals surface area contributed by atoms with Crippen LogP contribution in [0.4, 0.5) is 0 Å². The highest BCUT2D eigenvalue weighted by Crippen LogP contribution is 2.35. The van der Waals surface area contributed by atoms with Gasteiger partial charge in [-0.05, 0) is 37.5 Å². The molecule has 0 spiro atoms. The highest BCUT2D eigenvalue weighted by atomic mass is 15.4. The Bertz CT molecular complexity index is 381. The van der Waals surface area contributed by atoms with Gasteiger partial charge >= 0.3 is 0 Å². The first-order chi connectivity index (χ1) is 9.58. The predicted octanol–water partition coefficient (Wildman–Crippen LogP) is 3.03. The van der Waals surface area contributed by atoms with E-state index in [0.29, 0.717) is 11.8 Å². The predicted molar refractivity (Wildman–Crippen MR) is 78.2 cm³/mol. The molecule has 4 unspecified atom stereocenters. The van der Waals surface area contributed by atoms with Crippen LogP contribution in [0.1, 0.15) is 65.2 Å². The van der Waals surface area contributed by atoms with Gasteiger partial charge in [0.2, 0.25) is 0 Å².